The summed E-state index contributed by atoms with van der Waals surface area (Å²) in [7, 11) is -3.77. The van der Waals surface area contributed by atoms with Crippen LogP contribution in [0.5, 0.6) is 0 Å². The maximum atomic E-state index is 13.6. The summed E-state index contributed by atoms with van der Waals surface area (Å²) in [5.41, 5.74) is 2.74. The molecule has 2 amide bonds. The van der Waals surface area contributed by atoms with Crippen LogP contribution in [-0.2, 0) is 26.2 Å². The molecule has 0 aromatic heterocycles. The molecule has 0 spiro atoms. The van der Waals surface area contributed by atoms with E-state index in [0.717, 1.165) is 40.1 Å². The molecule has 186 valence electrons. The highest BCUT2D eigenvalue weighted by Crippen LogP contribution is 2.27. The molecule has 2 aromatic carbocycles. The van der Waals surface area contributed by atoms with Crippen molar-refractivity contribution in [3.63, 3.8) is 0 Å². The summed E-state index contributed by atoms with van der Waals surface area (Å²) in [5, 5.41) is 3.42. The van der Waals surface area contributed by atoms with E-state index >= 15 is 0 Å². The minimum atomic E-state index is -3.77. The molecule has 7 nitrogen and oxygen atoms in total. The summed E-state index contributed by atoms with van der Waals surface area (Å²) < 4.78 is 26.6. The van der Waals surface area contributed by atoms with E-state index in [-0.39, 0.29) is 12.5 Å². The number of benzene rings is 2. The number of carbonyl (C=O) groups is 2. The van der Waals surface area contributed by atoms with E-state index in [1.807, 2.05) is 13.0 Å². The molecule has 0 radical (unpaired) electrons. The van der Waals surface area contributed by atoms with Crippen molar-refractivity contribution in [2.45, 2.75) is 53.1 Å². The Balaban J connectivity index is 2.39. The molecule has 1 atom stereocenters. The van der Waals surface area contributed by atoms with Gasteiger partial charge in [0.15, 0.2) is 0 Å². The summed E-state index contributed by atoms with van der Waals surface area (Å²) >= 11 is 5.99. The normalized spacial score (nSPS) is 12.2. The van der Waals surface area contributed by atoms with Crippen molar-refractivity contribution in [3.8, 4) is 0 Å². The fourth-order valence-corrected chi connectivity index (χ4v) is 4.77. The van der Waals surface area contributed by atoms with E-state index < -0.39 is 28.5 Å². The molecule has 0 heterocycles. The maximum absolute atomic E-state index is 13.6. The maximum Gasteiger partial charge on any atom is 0.244 e. The average Bonchev–Trinajstić information content (AvgIpc) is 2.76. The summed E-state index contributed by atoms with van der Waals surface area (Å²) in [4.78, 5) is 27.8. The number of nitrogens with one attached hydrogen (secondary N) is 1. The van der Waals surface area contributed by atoms with E-state index in [4.69, 9.17) is 11.6 Å². The number of sulfonamides is 1. The van der Waals surface area contributed by atoms with Gasteiger partial charge in [-0.1, -0.05) is 55.3 Å². The van der Waals surface area contributed by atoms with Crippen LogP contribution in [0.15, 0.2) is 42.5 Å². The van der Waals surface area contributed by atoms with Gasteiger partial charge >= 0.3 is 0 Å². The summed E-state index contributed by atoms with van der Waals surface area (Å²) in [6.45, 7) is 7.53. The van der Waals surface area contributed by atoms with E-state index in [0.29, 0.717) is 17.3 Å². The number of amides is 2. The van der Waals surface area contributed by atoms with Crippen LogP contribution in [0, 0.1) is 13.8 Å². The van der Waals surface area contributed by atoms with Gasteiger partial charge < -0.3 is 10.2 Å². The van der Waals surface area contributed by atoms with Crippen LogP contribution >= 0.6 is 11.6 Å². The molecule has 1 N–H and O–H groups in total. The first-order chi connectivity index (χ1) is 16.0. The Hall–Kier alpha value is -2.58. The molecular formula is C25H34ClN3O4S. The van der Waals surface area contributed by atoms with Gasteiger partial charge in [0.25, 0.3) is 0 Å². The smallest absolute Gasteiger partial charge is 0.244 e. The highest BCUT2D eigenvalue weighted by atomic mass is 35.5. The number of hydrogen-bond donors (Lipinski definition) is 1. The van der Waals surface area contributed by atoms with Gasteiger partial charge in [-0.05, 0) is 56.0 Å². The van der Waals surface area contributed by atoms with Crippen molar-refractivity contribution in [2.75, 3.05) is 23.7 Å². The van der Waals surface area contributed by atoms with E-state index in [1.165, 1.54) is 4.90 Å². The van der Waals surface area contributed by atoms with Crippen LogP contribution < -0.4 is 9.62 Å². The van der Waals surface area contributed by atoms with Gasteiger partial charge in [0, 0.05) is 18.1 Å². The van der Waals surface area contributed by atoms with Gasteiger partial charge in [-0.15, -0.1) is 0 Å². The molecule has 0 saturated carbocycles. The second-order valence-corrected chi connectivity index (χ2v) is 10.8. The lowest BCUT2D eigenvalue weighted by molar-refractivity contribution is -0.139. The lowest BCUT2D eigenvalue weighted by Crippen LogP contribution is -2.51. The van der Waals surface area contributed by atoms with Crippen molar-refractivity contribution >= 4 is 39.1 Å². The number of rotatable bonds is 11. The van der Waals surface area contributed by atoms with Gasteiger partial charge in [-0.3, -0.25) is 13.9 Å². The van der Waals surface area contributed by atoms with Crippen LogP contribution in [-0.4, -0.2) is 50.5 Å². The fraction of sp³-hybridized carbons (Fsp3) is 0.440. The molecule has 0 bridgehead atoms. The zero-order valence-electron chi connectivity index (χ0n) is 20.5. The topological polar surface area (TPSA) is 86.8 Å². The fourth-order valence-electron chi connectivity index (χ4n) is 3.68. The number of hydrogen-bond acceptors (Lipinski definition) is 4. The van der Waals surface area contributed by atoms with Crippen molar-refractivity contribution in [2.24, 2.45) is 0 Å². The minimum Gasteiger partial charge on any atom is -0.354 e. The van der Waals surface area contributed by atoms with Gasteiger partial charge in [0.2, 0.25) is 21.8 Å². The molecule has 2 rings (SSSR count). The minimum absolute atomic E-state index is 0.142. The van der Waals surface area contributed by atoms with E-state index in [1.54, 1.807) is 57.2 Å². The molecule has 0 aliphatic carbocycles. The molecule has 0 saturated heterocycles. The number of carbonyl (C=O) groups excluding carboxylic acids is 2. The van der Waals surface area contributed by atoms with E-state index in [2.05, 4.69) is 5.32 Å². The quantitative estimate of drug-likeness (QED) is 0.465. The Kier molecular flexibility index (Phi) is 9.94. The van der Waals surface area contributed by atoms with Crippen LogP contribution in [0.2, 0.25) is 5.02 Å². The third kappa shape index (κ3) is 7.46. The number of para-hydroxylation sites is 1. The second-order valence-electron chi connectivity index (χ2n) is 8.48. The third-order valence-electron chi connectivity index (χ3n) is 5.63. The predicted molar refractivity (Wildman–Crippen MR) is 137 cm³/mol. The number of anilines is 1. The van der Waals surface area contributed by atoms with Crippen LogP contribution in [0.4, 0.5) is 5.69 Å². The highest BCUT2D eigenvalue weighted by Gasteiger charge is 2.31. The lowest BCUT2D eigenvalue weighted by Gasteiger charge is -2.32. The van der Waals surface area contributed by atoms with Gasteiger partial charge in [-0.2, -0.15) is 0 Å². The lowest BCUT2D eigenvalue weighted by atomic mass is 10.1. The zero-order valence-corrected chi connectivity index (χ0v) is 22.0. The Labute approximate surface area is 208 Å². The van der Waals surface area contributed by atoms with Crippen LogP contribution in [0.25, 0.3) is 0 Å². The molecule has 9 heteroatoms. The highest BCUT2D eigenvalue weighted by molar-refractivity contribution is 7.92. The Bertz CT molecular complexity index is 1080. The van der Waals surface area contributed by atoms with Crippen molar-refractivity contribution in [1.29, 1.82) is 0 Å². The second kappa shape index (κ2) is 12.2. The summed E-state index contributed by atoms with van der Waals surface area (Å²) in [5.74, 6) is -0.755. The molecule has 0 unspecified atom stereocenters. The van der Waals surface area contributed by atoms with E-state index in [9.17, 15) is 18.0 Å². The predicted octanol–water partition coefficient (Wildman–Crippen LogP) is 4.06. The number of nitrogens with zero attached hydrogens (tertiary/aromatic N) is 2. The largest absolute Gasteiger partial charge is 0.354 e. The average molecular weight is 508 g/mol. The molecular weight excluding hydrogens is 474 g/mol. The van der Waals surface area contributed by atoms with Crippen LogP contribution in [0.1, 0.15) is 43.4 Å². The molecule has 0 aliphatic heterocycles. The molecule has 34 heavy (non-hydrogen) atoms. The van der Waals surface area contributed by atoms with Crippen molar-refractivity contribution < 1.29 is 18.0 Å². The number of halogens is 1. The molecule has 0 aliphatic rings. The van der Waals surface area contributed by atoms with Gasteiger partial charge in [0.05, 0.1) is 11.9 Å². The van der Waals surface area contributed by atoms with Crippen molar-refractivity contribution in [1.82, 2.24) is 10.2 Å². The first-order valence-corrected chi connectivity index (χ1v) is 13.5. The molecule has 2 aromatic rings. The van der Waals surface area contributed by atoms with Crippen LogP contribution in [0.3, 0.4) is 0 Å². The summed E-state index contributed by atoms with van der Waals surface area (Å²) in [6.07, 6.45) is 2.84. The molecule has 0 fully saturated rings. The Morgan fingerprint density at radius 3 is 2.18 bits per heavy atom. The monoisotopic (exact) mass is 507 g/mol. The number of aryl methyl sites for hydroxylation is 2. The summed E-state index contributed by atoms with van der Waals surface area (Å²) in [6, 6.07) is 11.6. The third-order valence-corrected chi connectivity index (χ3v) is 7.00. The SMILES string of the molecule is CCCCNC(=O)[C@@H](C)N(Cc1ccc(Cl)cc1)C(=O)CN(c1c(C)cccc1C)S(C)(=O)=O. The zero-order chi connectivity index (χ0) is 25.5. The van der Waals surface area contributed by atoms with Crippen molar-refractivity contribution in [3.05, 3.63) is 64.2 Å². The first-order valence-electron chi connectivity index (χ1n) is 11.3. The Morgan fingerprint density at radius 2 is 1.65 bits per heavy atom. The standard InChI is InChI=1S/C25H34ClN3O4S/c1-6-7-15-27-25(31)20(4)28(16-21-11-13-22(26)14-12-21)23(30)17-29(34(5,32)33)24-18(2)9-8-10-19(24)3/h8-14,20H,6-7,15-17H2,1-5H3,(H,27,31)/t20-/m1/s1. The Morgan fingerprint density at radius 1 is 1.06 bits per heavy atom. The van der Waals surface area contributed by atoms with Gasteiger partial charge in [0.1, 0.15) is 12.6 Å². The number of unbranched alkanes of at least 4 members (excludes halogenated alkanes) is 1. The van der Waals surface area contributed by atoms with Gasteiger partial charge in [-0.25, -0.2) is 8.42 Å². The first kappa shape index (κ1) is 27.7.